The number of rotatable bonds is 6. The summed E-state index contributed by atoms with van der Waals surface area (Å²) in [6.07, 6.45) is 15.3. The van der Waals surface area contributed by atoms with Crippen LogP contribution in [0.25, 0.3) is 0 Å². The van der Waals surface area contributed by atoms with Crippen LogP contribution in [0.1, 0.15) is 45.4 Å². The summed E-state index contributed by atoms with van der Waals surface area (Å²) < 4.78 is 6.48. The highest BCUT2D eigenvalue weighted by Crippen LogP contribution is 2.31. The van der Waals surface area contributed by atoms with Crippen molar-refractivity contribution in [2.75, 3.05) is 39.5 Å². The van der Waals surface area contributed by atoms with Gasteiger partial charge in [0, 0.05) is 51.1 Å². The predicted molar refractivity (Wildman–Crippen MR) is 150 cm³/mol. The van der Waals surface area contributed by atoms with Gasteiger partial charge >= 0.3 is 0 Å². The second kappa shape index (κ2) is 12.3. The average Bonchev–Trinajstić information content (AvgIpc) is 3.28. The molecular weight excluding hydrogens is 494 g/mol. The summed E-state index contributed by atoms with van der Waals surface area (Å²) in [6, 6.07) is 1.26. The number of hydrogen-bond donors (Lipinski definition) is 6. The van der Waals surface area contributed by atoms with E-state index in [0.717, 1.165) is 83.8 Å². The maximum atomic E-state index is 12.1. The lowest BCUT2D eigenvalue weighted by atomic mass is 9.83. The molecule has 6 N–H and O–H groups in total. The first-order valence-corrected chi connectivity index (χ1v) is 15.0. The number of carbonyl (C=O) groups is 1. The summed E-state index contributed by atoms with van der Waals surface area (Å²) in [5, 5.41) is 20.9. The van der Waals surface area contributed by atoms with Crippen LogP contribution < -0.4 is 32.0 Å². The monoisotopic (exact) mass is 541 g/mol. The van der Waals surface area contributed by atoms with E-state index in [9.17, 15) is 4.79 Å². The van der Waals surface area contributed by atoms with Gasteiger partial charge in [0.05, 0.1) is 25.0 Å². The van der Waals surface area contributed by atoms with Gasteiger partial charge in [0.25, 0.3) is 0 Å². The summed E-state index contributed by atoms with van der Waals surface area (Å²) in [4.78, 5) is 16.6. The quantitative estimate of drug-likeness (QED) is 0.255. The van der Waals surface area contributed by atoms with E-state index in [4.69, 9.17) is 4.74 Å². The normalized spacial score (nSPS) is 39.4. The Hall–Kier alpha value is -1.99. The van der Waals surface area contributed by atoms with Crippen molar-refractivity contribution < 1.29 is 9.53 Å². The van der Waals surface area contributed by atoms with Gasteiger partial charge in [-0.2, -0.15) is 0 Å². The van der Waals surface area contributed by atoms with E-state index >= 15 is 0 Å². The number of nitrogens with one attached hydrogen (secondary N) is 6. The Labute approximate surface area is 232 Å². The van der Waals surface area contributed by atoms with Crippen molar-refractivity contribution in [3.8, 4) is 0 Å². The molecule has 0 aromatic rings. The molecule has 216 valence electrons. The van der Waals surface area contributed by atoms with Gasteiger partial charge in [-0.15, -0.1) is 0 Å². The van der Waals surface area contributed by atoms with Gasteiger partial charge in [0.2, 0.25) is 5.91 Å². The molecule has 0 aromatic carbocycles. The highest BCUT2D eigenvalue weighted by atomic mass is 16.5. The fourth-order valence-electron chi connectivity index (χ4n) is 7.26. The zero-order chi connectivity index (χ0) is 26.8. The molecule has 1 aliphatic carbocycles. The first-order valence-electron chi connectivity index (χ1n) is 15.0. The van der Waals surface area contributed by atoms with Gasteiger partial charge < -0.3 is 9.64 Å². The molecule has 39 heavy (non-hydrogen) atoms. The fraction of sp³-hybridized carbons (Fsp3) is 0.750. The number of carbonyl (C=O) groups excluding carboxylic acids is 1. The lowest BCUT2D eigenvalue weighted by Crippen LogP contribution is -2.75. The van der Waals surface area contributed by atoms with Crippen molar-refractivity contribution in [2.24, 2.45) is 5.92 Å². The lowest BCUT2D eigenvalue weighted by Gasteiger charge is -2.49. The molecule has 1 saturated carbocycles. The van der Waals surface area contributed by atoms with Gasteiger partial charge in [-0.1, -0.05) is 13.5 Å². The standard InChI is InChI=1S/C28H47N9O2/c1-3-26(38)36-11-4-10-35(13-14-36)24-8-6-22-27(34-24)28(31-17-29-22)33-20-5-7-23(19(2)15-20)39-21-9-12-37-25(16-21)30-18-32-37/h3,9,12,16,19-20,22-25,27-34H,1,4-8,10-11,13-15,17-18H2,2H3. The smallest absolute Gasteiger partial charge is 0.245 e. The fourth-order valence-corrected chi connectivity index (χ4v) is 7.26. The van der Waals surface area contributed by atoms with Crippen molar-refractivity contribution in [3.05, 3.63) is 36.8 Å². The van der Waals surface area contributed by atoms with Crippen LogP contribution >= 0.6 is 0 Å². The number of piperidine rings is 1. The summed E-state index contributed by atoms with van der Waals surface area (Å²) in [6.45, 7) is 11.1. The molecule has 1 amide bonds. The number of allylic oxidation sites excluding steroid dienone is 1. The summed E-state index contributed by atoms with van der Waals surface area (Å²) >= 11 is 0. The third-order valence-electron chi connectivity index (χ3n) is 9.46. The third kappa shape index (κ3) is 6.19. The summed E-state index contributed by atoms with van der Waals surface area (Å²) in [5.41, 5.74) is 3.28. The van der Waals surface area contributed by atoms with Gasteiger partial charge in [0.1, 0.15) is 18.0 Å². The first-order chi connectivity index (χ1) is 19.1. The minimum Gasteiger partial charge on any atom is -0.490 e. The van der Waals surface area contributed by atoms with Crippen LogP contribution in [0.5, 0.6) is 0 Å². The minimum atomic E-state index is 0.0505. The second-order valence-electron chi connectivity index (χ2n) is 12.0. The first kappa shape index (κ1) is 27.2. The van der Waals surface area contributed by atoms with Crippen LogP contribution in [-0.4, -0.2) is 103 Å². The zero-order valence-corrected chi connectivity index (χ0v) is 23.3. The Bertz CT molecular complexity index is 944. The van der Waals surface area contributed by atoms with E-state index in [0.29, 0.717) is 30.2 Å². The van der Waals surface area contributed by atoms with Crippen molar-refractivity contribution in [2.45, 2.75) is 88.2 Å². The topological polar surface area (TPSA) is 108 Å². The van der Waals surface area contributed by atoms with Crippen LogP contribution in [0.2, 0.25) is 0 Å². The molecular formula is C28H47N9O2. The van der Waals surface area contributed by atoms with E-state index in [1.165, 1.54) is 6.08 Å². The molecule has 0 bridgehead atoms. The van der Waals surface area contributed by atoms with Crippen LogP contribution in [0.3, 0.4) is 0 Å². The van der Waals surface area contributed by atoms with Crippen LogP contribution in [0.4, 0.5) is 0 Å². The van der Waals surface area contributed by atoms with Gasteiger partial charge in [0.15, 0.2) is 0 Å². The lowest BCUT2D eigenvalue weighted by molar-refractivity contribution is -0.125. The number of fused-ring (bicyclic) bond motifs is 2. The molecule has 5 fully saturated rings. The Kier molecular flexibility index (Phi) is 8.55. The molecule has 5 aliphatic heterocycles. The molecule has 11 nitrogen and oxygen atoms in total. The Balaban J connectivity index is 1.01. The molecule has 6 aliphatic rings. The van der Waals surface area contributed by atoms with E-state index < -0.39 is 0 Å². The van der Waals surface area contributed by atoms with E-state index in [2.05, 4.69) is 73.8 Å². The summed E-state index contributed by atoms with van der Waals surface area (Å²) in [5.74, 6) is 1.51. The van der Waals surface area contributed by atoms with Crippen molar-refractivity contribution in [3.63, 3.8) is 0 Å². The molecule has 8 atom stereocenters. The molecule has 11 heteroatoms. The Morgan fingerprint density at radius 1 is 1.10 bits per heavy atom. The molecule has 5 heterocycles. The van der Waals surface area contributed by atoms with Gasteiger partial charge in [-0.25, -0.2) is 5.43 Å². The molecule has 0 aromatic heterocycles. The number of ether oxygens (including phenoxy) is 1. The SMILES string of the molecule is C=CC(=O)N1CCCN(C2CCC3NCNC(NC4CCC(OC5=CC6NCNN6C=C5)C(C)C4)C3N2)CC1. The number of nitrogens with zero attached hydrogens (tertiary/aromatic N) is 3. The van der Waals surface area contributed by atoms with Crippen LogP contribution in [0, 0.1) is 5.92 Å². The zero-order valence-electron chi connectivity index (χ0n) is 23.3. The van der Waals surface area contributed by atoms with Crippen molar-refractivity contribution >= 4 is 5.91 Å². The second-order valence-corrected chi connectivity index (χ2v) is 12.0. The number of hydrogen-bond acceptors (Lipinski definition) is 10. The molecule has 4 saturated heterocycles. The van der Waals surface area contributed by atoms with Gasteiger partial charge in [-0.05, 0) is 62.7 Å². The highest BCUT2D eigenvalue weighted by Gasteiger charge is 2.41. The van der Waals surface area contributed by atoms with Crippen LogP contribution in [0.15, 0.2) is 36.8 Å². The predicted octanol–water partition coefficient (Wildman–Crippen LogP) is -0.102. The van der Waals surface area contributed by atoms with Crippen molar-refractivity contribution in [1.29, 1.82) is 0 Å². The Morgan fingerprint density at radius 3 is 2.90 bits per heavy atom. The molecule has 8 unspecified atom stereocenters. The van der Waals surface area contributed by atoms with Gasteiger partial charge in [-0.3, -0.25) is 41.3 Å². The largest absolute Gasteiger partial charge is 0.490 e. The van der Waals surface area contributed by atoms with E-state index in [1.54, 1.807) is 0 Å². The average molecular weight is 542 g/mol. The van der Waals surface area contributed by atoms with Crippen molar-refractivity contribution in [1.82, 2.24) is 46.8 Å². The minimum absolute atomic E-state index is 0.0505. The molecule has 6 rings (SSSR count). The number of amides is 1. The summed E-state index contributed by atoms with van der Waals surface area (Å²) in [7, 11) is 0. The highest BCUT2D eigenvalue weighted by molar-refractivity contribution is 5.87. The maximum Gasteiger partial charge on any atom is 0.245 e. The van der Waals surface area contributed by atoms with Crippen LogP contribution in [-0.2, 0) is 9.53 Å². The Morgan fingerprint density at radius 2 is 2.03 bits per heavy atom. The maximum absolute atomic E-state index is 12.1. The molecule has 0 spiro atoms. The molecule has 0 radical (unpaired) electrons. The third-order valence-corrected chi connectivity index (χ3v) is 9.46. The number of hydrazine groups is 1. The van der Waals surface area contributed by atoms with E-state index in [-0.39, 0.29) is 24.3 Å². The van der Waals surface area contributed by atoms with E-state index in [1.807, 2.05) is 4.90 Å².